The zero-order valence-electron chi connectivity index (χ0n) is 13.9. The van der Waals surface area contributed by atoms with Crippen molar-refractivity contribution in [1.29, 1.82) is 0 Å². The standard InChI is InChI=1S/C13H22N5O4PS2/c1-24-25-7-3-2-5-22-23(19,20)10-21-6-4-18-9-17-11-12(14)15-8-16-13(11)18/h8-9H,2-7,10H2,1H3,(H,19,20)(H2,14,15,16). The maximum atomic E-state index is 11.9. The molecule has 0 saturated heterocycles. The fourth-order valence-electron chi connectivity index (χ4n) is 2.00. The number of nitrogens with zero attached hydrogens (tertiary/aromatic N) is 4. The van der Waals surface area contributed by atoms with Crippen LogP contribution in [0.15, 0.2) is 12.7 Å². The predicted octanol–water partition coefficient (Wildman–Crippen LogP) is 2.38. The molecule has 140 valence electrons. The average Bonchev–Trinajstić information content (AvgIpc) is 2.99. The SMILES string of the molecule is CSSCCCCOP(=O)(O)COCCn1cnc2c(N)ncnc21. The molecule has 0 radical (unpaired) electrons. The summed E-state index contributed by atoms with van der Waals surface area (Å²) < 4.78 is 23.9. The molecule has 0 fully saturated rings. The number of nitrogens with two attached hydrogens (primary N) is 1. The van der Waals surface area contributed by atoms with Gasteiger partial charge in [0.05, 0.1) is 19.5 Å². The highest BCUT2D eigenvalue weighted by atomic mass is 33.1. The van der Waals surface area contributed by atoms with Crippen LogP contribution < -0.4 is 5.73 Å². The number of nitrogen functional groups attached to an aromatic ring is 1. The molecule has 2 rings (SSSR count). The van der Waals surface area contributed by atoms with E-state index in [1.807, 2.05) is 6.26 Å². The summed E-state index contributed by atoms with van der Waals surface area (Å²) in [5, 5.41) is 0. The first kappa shape index (κ1) is 20.5. The van der Waals surface area contributed by atoms with Gasteiger partial charge in [0.15, 0.2) is 11.5 Å². The molecule has 2 heterocycles. The molecule has 9 nitrogen and oxygen atoms in total. The maximum Gasteiger partial charge on any atom is 0.353 e. The molecule has 0 bridgehead atoms. The second-order valence-corrected chi connectivity index (χ2v) is 9.55. The molecule has 25 heavy (non-hydrogen) atoms. The van der Waals surface area contributed by atoms with Gasteiger partial charge < -0.3 is 24.5 Å². The van der Waals surface area contributed by atoms with E-state index in [2.05, 4.69) is 15.0 Å². The van der Waals surface area contributed by atoms with Crippen LogP contribution in [0.5, 0.6) is 0 Å². The normalized spacial score (nSPS) is 14.0. The Labute approximate surface area is 154 Å². The van der Waals surface area contributed by atoms with Crippen LogP contribution in [0.25, 0.3) is 11.2 Å². The third-order valence-electron chi connectivity index (χ3n) is 3.19. The zero-order chi connectivity index (χ0) is 18.1. The third-order valence-corrected chi connectivity index (χ3v) is 6.19. The first-order chi connectivity index (χ1) is 12.0. The van der Waals surface area contributed by atoms with Crippen LogP contribution >= 0.6 is 29.2 Å². The zero-order valence-corrected chi connectivity index (χ0v) is 16.4. The molecular formula is C13H22N5O4PS2. The van der Waals surface area contributed by atoms with E-state index in [0.717, 1.165) is 18.6 Å². The largest absolute Gasteiger partial charge is 0.382 e. The number of fused-ring (bicyclic) bond motifs is 1. The van der Waals surface area contributed by atoms with E-state index < -0.39 is 7.60 Å². The maximum absolute atomic E-state index is 11.9. The molecule has 0 aromatic carbocycles. The fraction of sp³-hybridized carbons (Fsp3) is 0.615. The minimum Gasteiger partial charge on any atom is -0.382 e. The van der Waals surface area contributed by atoms with Gasteiger partial charge in [-0.25, -0.2) is 15.0 Å². The molecular weight excluding hydrogens is 385 g/mol. The molecule has 0 saturated carbocycles. The number of hydrogen-bond acceptors (Lipinski definition) is 9. The molecule has 0 amide bonds. The van der Waals surface area contributed by atoms with Crippen molar-refractivity contribution >= 4 is 46.2 Å². The lowest BCUT2D eigenvalue weighted by Crippen LogP contribution is -2.08. The smallest absolute Gasteiger partial charge is 0.353 e. The van der Waals surface area contributed by atoms with Crippen molar-refractivity contribution < 1.29 is 18.7 Å². The summed E-state index contributed by atoms with van der Waals surface area (Å²) in [6, 6.07) is 0. The number of hydrogen-bond donors (Lipinski definition) is 2. The van der Waals surface area contributed by atoms with Crippen molar-refractivity contribution in [3.63, 3.8) is 0 Å². The van der Waals surface area contributed by atoms with Gasteiger partial charge in [-0.15, -0.1) is 0 Å². The van der Waals surface area contributed by atoms with Gasteiger partial charge in [-0.05, 0) is 19.1 Å². The first-order valence-corrected chi connectivity index (χ1v) is 12.1. The molecule has 0 aliphatic carbocycles. The second kappa shape index (κ2) is 10.3. The number of anilines is 1. The van der Waals surface area contributed by atoms with E-state index in [4.69, 9.17) is 15.0 Å². The topological polar surface area (TPSA) is 125 Å². The van der Waals surface area contributed by atoms with Gasteiger partial charge in [-0.2, -0.15) is 0 Å². The van der Waals surface area contributed by atoms with Gasteiger partial charge in [0.2, 0.25) is 0 Å². The van der Waals surface area contributed by atoms with E-state index in [0.29, 0.717) is 23.5 Å². The predicted molar refractivity (Wildman–Crippen MR) is 102 cm³/mol. The quantitative estimate of drug-likeness (QED) is 0.308. The van der Waals surface area contributed by atoms with Crippen molar-refractivity contribution in [3.8, 4) is 0 Å². The number of ether oxygens (including phenoxy) is 1. The van der Waals surface area contributed by atoms with E-state index in [1.54, 1.807) is 32.5 Å². The van der Waals surface area contributed by atoms with Gasteiger partial charge in [-0.3, -0.25) is 4.57 Å². The molecule has 0 aliphatic heterocycles. The van der Waals surface area contributed by atoms with E-state index >= 15 is 0 Å². The minimum absolute atomic E-state index is 0.230. The summed E-state index contributed by atoms with van der Waals surface area (Å²) in [7, 11) is -0.242. The Balaban J connectivity index is 1.67. The molecule has 0 spiro atoms. The van der Waals surface area contributed by atoms with Gasteiger partial charge in [0.1, 0.15) is 18.2 Å². The van der Waals surface area contributed by atoms with Crippen molar-refractivity contribution in [2.75, 3.05) is 37.3 Å². The second-order valence-electron chi connectivity index (χ2n) is 5.07. The summed E-state index contributed by atoms with van der Waals surface area (Å²) >= 11 is 0. The third kappa shape index (κ3) is 6.76. The molecule has 3 N–H and O–H groups in total. The lowest BCUT2D eigenvalue weighted by molar-refractivity contribution is 0.137. The van der Waals surface area contributed by atoms with Gasteiger partial charge in [0, 0.05) is 12.3 Å². The van der Waals surface area contributed by atoms with E-state index in [-0.39, 0.29) is 19.6 Å². The first-order valence-electron chi connectivity index (χ1n) is 7.64. The number of imidazole rings is 1. The summed E-state index contributed by atoms with van der Waals surface area (Å²) in [4.78, 5) is 21.9. The van der Waals surface area contributed by atoms with Crippen LogP contribution in [0.4, 0.5) is 5.82 Å². The van der Waals surface area contributed by atoms with Crippen LogP contribution in [0, 0.1) is 0 Å². The van der Waals surface area contributed by atoms with Crippen molar-refractivity contribution in [1.82, 2.24) is 19.5 Å². The Bertz CT molecular complexity index is 717. The van der Waals surface area contributed by atoms with Crippen LogP contribution in [-0.2, 0) is 20.4 Å². The number of rotatable bonds is 12. The van der Waals surface area contributed by atoms with Gasteiger partial charge in [-0.1, -0.05) is 21.6 Å². The summed E-state index contributed by atoms with van der Waals surface area (Å²) in [5.74, 6) is 1.32. The van der Waals surface area contributed by atoms with Gasteiger partial charge >= 0.3 is 7.60 Å². The Hall–Kier alpha value is -0.840. The highest BCUT2D eigenvalue weighted by molar-refractivity contribution is 8.76. The van der Waals surface area contributed by atoms with Crippen LogP contribution in [0.2, 0.25) is 0 Å². The van der Waals surface area contributed by atoms with Gasteiger partial charge in [0.25, 0.3) is 0 Å². The lowest BCUT2D eigenvalue weighted by Gasteiger charge is -2.12. The average molecular weight is 407 g/mol. The molecule has 12 heteroatoms. The highest BCUT2D eigenvalue weighted by Gasteiger charge is 2.19. The van der Waals surface area contributed by atoms with E-state index in [9.17, 15) is 9.46 Å². The molecule has 2 aromatic heterocycles. The van der Waals surface area contributed by atoms with Crippen LogP contribution in [0.1, 0.15) is 12.8 Å². The van der Waals surface area contributed by atoms with Crippen molar-refractivity contribution in [3.05, 3.63) is 12.7 Å². The summed E-state index contributed by atoms with van der Waals surface area (Å²) in [6.07, 6.45) is 6.33. The molecule has 1 unspecified atom stereocenters. The summed E-state index contributed by atoms with van der Waals surface area (Å²) in [5.41, 5.74) is 6.84. The van der Waals surface area contributed by atoms with Crippen LogP contribution in [-0.4, -0.2) is 56.0 Å². The Morgan fingerprint density at radius 2 is 2.16 bits per heavy atom. The van der Waals surface area contributed by atoms with Crippen molar-refractivity contribution in [2.45, 2.75) is 19.4 Å². The molecule has 1 atom stereocenters. The highest BCUT2D eigenvalue weighted by Crippen LogP contribution is 2.41. The fourth-order valence-corrected chi connectivity index (χ4v) is 4.19. The van der Waals surface area contributed by atoms with E-state index in [1.165, 1.54) is 6.33 Å². The minimum atomic E-state index is -3.72. The number of aromatic nitrogens is 4. The number of unbranched alkanes of at least 4 members (excludes halogenated alkanes) is 1. The molecule has 2 aromatic rings. The van der Waals surface area contributed by atoms with Crippen LogP contribution in [0.3, 0.4) is 0 Å². The molecule has 0 aliphatic rings. The Morgan fingerprint density at radius 1 is 1.32 bits per heavy atom. The monoisotopic (exact) mass is 407 g/mol. The Kier molecular flexibility index (Phi) is 8.47. The Morgan fingerprint density at radius 3 is 2.96 bits per heavy atom. The summed E-state index contributed by atoms with van der Waals surface area (Å²) in [6.45, 7) is 0.918. The van der Waals surface area contributed by atoms with Crippen molar-refractivity contribution in [2.24, 2.45) is 0 Å². The lowest BCUT2D eigenvalue weighted by atomic mass is 10.4.